The Labute approximate surface area is 109 Å². The van der Waals surface area contributed by atoms with Crippen LogP contribution in [0.2, 0.25) is 0 Å². The van der Waals surface area contributed by atoms with E-state index in [1.807, 2.05) is 18.2 Å². The highest BCUT2D eigenvalue weighted by Crippen LogP contribution is 2.07. The molecule has 1 fully saturated rings. The van der Waals surface area contributed by atoms with Crippen LogP contribution in [0.25, 0.3) is 0 Å². The quantitative estimate of drug-likeness (QED) is 0.621. The Hall–Kier alpha value is -2.57. The summed E-state index contributed by atoms with van der Waals surface area (Å²) in [6.07, 6.45) is -0.769. The summed E-state index contributed by atoms with van der Waals surface area (Å²) in [7, 11) is 0. The molecule has 1 aromatic carbocycles. The zero-order valence-electron chi connectivity index (χ0n) is 9.96. The smallest absolute Gasteiger partial charge is 0.408 e. The Morgan fingerprint density at radius 1 is 1.32 bits per heavy atom. The summed E-state index contributed by atoms with van der Waals surface area (Å²) in [4.78, 5) is 33.5. The fraction of sp³-hybridized carbons (Fsp3) is 0.250. The highest BCUT2D eigenvalue weighted by Gasteiger charge is 2.44. The average Bonchev–Trinajstić information content (AvgIpc) is 2.40. The molecule has 7 nitrogen and oxygen atoms in total. The van der Waals surface area contributed by atoms with E-state index in [1.165, 1.54) is 0 Å². The number of amides is 3. The van der Waals surface area contributed by atoms with Crippen molar-refractivity contribution in [3.05, 3.63) is 35.9 Å². The number of ether oxygens (including phenoxy) is 1. The van der Waals surface area contributed by atoms with Gasteiger partial charge in [-0.25, -0.2) is 4.79 Å². The van der Waals surface area contributed by atoms with Crippen LogP contribution in [0.3, 0.4) is 0 Å². The third kappa shape index (κ3) is 3.01. The molecular formula is C12H13N3O4. The molecule has 0 bridgehead atoms. The summed E-state index contributed by atoms with van der Waals surface area (Å²) in [6.45, 7) is 0.0856. The molecule has 2 atom stereocenters. The van der Waals surface area contributed by atoms with E-state index in [9.17, 15) is 14.4 Å². The van der Waals surface area contributed by atoms with Crippen molar-refractivity contribution in [2.75, 3.05) is 0 Å². The van der Waals surface area contributed by atoms with Gasteiger partial charge in [-0.3, -0.25) is 9.59 Å². The first-order chi connectivity index (χ1) is 9.08. The SMILES string of the molecule is NC(=O)[C@H]1NC(=O)[C@H]1NC(=O)OCc1ccccc1. The molecule has 1 aliphatic heterocycles. The van der Waals surface area contributed by atoms with E-state index in [-0.39, 0.29) is 6.61 Å². The van der Waals surface area contributed by atoms with Crippen molar-refractivity contribution in [1.29, 1.82) is 0 Å². The average molecular weight is 263 g/mol. The van der Waals surface area contributed by atoms with Gasteiger partial charge in [-0.15, -0.1) is 0 Å². The molecule has 3 amide bonds. The van der Waals surface area contributed by atoms with Crippen molar-refractivity contribution in [3.63, 3.8) is 0 Å². The number of primary amides is 1. The van der Waals surface area contributed by atoms with Crippen LogP contribution in [0.15, 0.2) is 30.3 Å². The second-order valence-electron chi connectivity index (χ2n) is 4.07. The van der Waals surface area contributed by atoms with Crippen LogP contribution in [-0.4, -0.2) is 30.0 Å². The Balaban J connectivity index is 1.81. The van der Waals surface area contributed by atoms with Crippen molar-refractivity contribution in [2.45, 2.75) is 18.7 Å². The molecule has 0 spiro atoms. The van der Waals surface area contributed by atoms with Gasteiger partial charge in [0.15, 0.2) is 0 Å². The minimum atomic E-state index is -0.958. The van der Waals surface area contributed by atoms with E-state index < -0.39 is 30.0 Å². The van der Waals surface area contributed by atoms with Crippen LogP contribution >= 0.6 is 0 Å². The van der Waals surface area contributed by atoms with Gasteiger partial charge >= 0.3 is 6.09 Å². The van der Waals surface area contributed by atoms with Gasteiger partial charge in [0.1, 0.15) is 18.7 Å². The number of carbonyl (C=O) groups is 3. The highest BCUT2D eigenvalue weighted by molar-refractivity contribution is 6.02. The van der Waals surface area contributed by atoms with Crippen LogP contribution in [0.1, 0.15) is 5.56 Å². The largest absolute Gasteiger partial charge is 0.445 e. The van der Waals surface area contributed by atoms with Gasteiger partial charge in [0.25, 0.3) is 0 Å². The number of rotatable bonds is 4. The Kier molecular flexibility index (Phi) is 3.65. The fourth-order valence-electron chi connectivity index (χ4n) is 1.66. The van der Waals surface area contributed by atoms with Crippen molar-refractivity contribution >= 4 is 17.9 Å². The molecule has 1 saturated heterocycles. The maximum atomic E-state index is 11.5. The summed E-state index contributed by atoms with van der Waals surface area (Å²) < 4.78 is 4.93. The molecule has 0 unspecified atom stereocenters. The standard InChI is InChI=1S/C12H13N3O4/c13-10(16)8-9(11(17)14-8)15-12(18)19-6-7-4-2-1-3-5-7/h1-5,8-9H,6H2,(H2,13,16)(H,14,17)(H,15,18)/t8-,9-/m0/s1. The molecule has 0 aromatic heterocycles. The molecule has 19 heavy (non-hydrogen) atoms. The Bertz CT molecular complexity index is 503. The number of β-lactam (4-membered cyclic amide) rings is 1. The first-order valence-electron chi connectivity index (χ1n) is 5.65. The number of nitrogens with one attached hydrogen (secondary N) is 2. The zero-order valence-corrected chi connectivity index (χ0v) is 9.96. The molecule has 1 aromatic rings. The van der Waals surface area contributed by atoms with Gasteiger partial charge in [-0.1, -0.05) is 30.3 Å². The van der Waals surface area contributed by atoms with Gasteiger partial charge in [0, 0.05) is 0 Å². The topological polar surface area (TPSA) is 111 Å². The van der Waals surface area contributed by atoms with E-state index in [2.05, 4.69) is 10.6 Å². The first-order valence-corrected chi connectivity index (χ1v) is 5.65. The molecule has 1 heterocycles. The summed E-state index contributed by atoms with van der Waals surface area (Å²) in [5.74, 6) is -1.16. The van der Waals surface area contributed by atoms with Crippen LogP contribution in [-0.2, 0) is 20.9 Å². The molecule has 100 valence electrons. The molecule has 4 N–H and O–H groups in total. The Morgan fingerprint density at radius 2 is 2.00 bits per heavy atom. The summed E-state index contributed by atoms with van der Waals surface area (Å²) >= 11 is 0. The van der Waals surface area contributed by atoms with Gasteiger partial charge in [0.05, 0.1) is 0 Å². The molecule has 0 saturated carbocycles. The summed E-state index contributed by atoms with van der Waals surface area (Å²) in [5.41, 5.74) is 5.87. The van der Waals surface area contributed by atoms with Crippen LogP contribution in [0, 0.1) is 0 Å². The lowest BCUT2D eigenvalue weighted by Crippen LogP contribution is -2.73. The Morgan fingerprint density at radius 3 is 2.58 bits per heavy atom. The van der Waals surface area contributed by atoms with E-state index in [0.29, 0.717) is 0 Å². The maximum absolute atomic E-state index is 11.5. The van der Waals surface area contributed by atoms with E-state index >= 15 is 0 Å². The lowest BCUT2D eigenvalue weighted by Gasteiger charge is -2.34. The second kappa shape index (κ2) is 5.38. The van der Waals surface area contributed by atoms with Gasteiger partial charge < -0.3 is 21.1 Å². The van der Waals surface area contributed by atoms with Crippen molar-refractivity contribution in [1.82, 2.24) is 10.6 Å². The molecular weight excluding hydrogens is 250 g/mol. The molecule has 1 aliphatic rings. The van der Waals surface area contributed by atoms with Crippen molar-refractivity contribution in [2.24, 2.45) is 5.73 Å². The summed E-state index contributed by atoms with van der Waals surface area (Å²) in [5, 5.41) is 4.58. The molecule has 0 aliphatic carbocycles. The van der Waals surface area contributed by atoms with E-state index in [0.717, 1.165) is 5.56 Å². The van der Waals surface area contributed by atoms with Crippen LogP contribution in [0.4, 0.5) is 4.79 Å². The van der Waals surface area contributed by atoms with E-state index in [4.69, 9.17) is 10.5 Å². The minimum absolute atomic E-state index is 0.0856. The number of benzene rings is 1. The predicted molar refractivity (Wildman–Crippen MR) is 64.7 cm³/mol. The van der Waals surface area contributed by atoms with Gasteiger partial charge in [0.2, 0.25) is 11.8 Å². The number of alkyl carbamates (subject to hydrolysis) is 1. The van der Waals surface area contributed by atoms with Gasteiger partial charge in [-0.05, 0) is 5.56 Å². The second-order valence-corrected chi connectivity index (χ2v) is 4.07. The fourth-order valence-corrected chi connectivity index (χ4v) is 1.66. The van der Waals surface area contributed by atoms with Crippen LogP contribution in [0.5, 0.6) is 0 Å². The maximum Gasteiger partial charge on any atom is 0.408 e. The number of carbonyl (C=O) groups excluding carboxylic acids is 3. The lowest BCUT2D eigenvalue weighted by molar-refractivity contribution is -0.138. The predicted octanol–water partition coefficient (Wildman–Crippen LogP) is -0.735. The van der Waals surface area contributed by atoms with E-state index in [1.54, 1.807) is 12.1 Å². The van der Waals surface area contributed by atoms with Crippen molar-refractivity contribution < 1.29 is 19.1 Å². The summed E-state index contributed by atoms with van der Waals surface area (Å²) in [6, 6.07) is 7.25. The third-order valence-electron chi connectivity index (χ3n) is 2.71. The van der Waals surface area contributed by atoms with Crippen molar-refractivity contribution in [3.8, 4) is 0 Å². The van der Waals surface area contributed by atoms with Gasteiger partial charge in [-0.2, -0.15) is 0 Å². The molecule has 0 radical (unpaired) electrons. The number of hydrogen-bond acceptors (Lipinski definition) is 4. The zero-order chi connectivity index (χ0) is 13.8. The monoisotopic (exact) mass is 263 g/mol. The molecule has 7 heteroatoms. The molecule has 2 rings (SSSR count). The number of nitrogens with two attached hydrogens (primary N) is 1. The van der Waals surface area contributed by atoms with Crippen LogP contribution < -0.4 is 16.4 Å². The lowest BCUT2D eigenvalue weighted by atomic mass is 9.99. The minimum Gasteiger partial charge on any atom is -0.445 e. The number of hydrogen-bond donors (Lipinski definition) is 3. The normalized spacial score (nSPS) is 20.9. The third-order valence-corrected chi connectivity index (χ3v) is 2.71. The highest BCUT2D eigenvalue weighted by atomic mass is 16.5. The first kappa shape index (κ1) is 12.9.